The van der Waals surface area contributed by atoms with Crippen molar-refractivity contribution in [2.75, 3.05) is 11.9 Å². The smallest absolute Gasteiger partial charge is 0.124 e. The highest BCUT2D eigenvalue weighted by atomic mass is 32.2. The molecule has 0 N–H and O–H groups in total. The van der Waals surface area contributed by atoms with Crippen molar-refractivity contribution in [1.29, 1.82) is 0 Å². The van der Waals surface area contributed by atoms with Crippen LogP contribution >= 0.6 is 11.8 Å². The summed E-state index contributed by atoms with van der Waals surface area (Å²) in [4.78, 5) is 3.62. The molecule has 0 unspecified atom stereocenters. The van der Waals surface area contributed by atoms with Crippen molar-refractivity contribution in [2.45, 2.75) is 14.7 Å². The topological polar surface area (TPSA) is 60.4 Å². The molecule has 0 radical (unpaired) electrons. The SMILES string of the molecule is CN1c2ccccc2Sc2cc(S(=O)(=O)[O-])ccc21. The van der Waals surface area contributed by atoms with Gasteiger partial charge in [0.05, 0.1) is 16.3 Å². The average molecular weight is 292 g/mol. The molecule has 2 aromatic rings. The Morgan fingerprint density at radius 2 is 1.74 bits per heavy atom. The van der Waals surface area contributed by atoms with Gasteiger partial charge in [0.25, 0.3) is 0 Å². The number of benzene rings is 2. The molecule has 1 heterocycles. The minimum absolute atomic E-state index is 0.188. The lowest BCUT2D eigenvalue weighted by molar-refractivity contribution is 0.463. The number of para-hydroxylation sites is 1. The third-order valence-corrected chi connectivity index (χ3v) is 4.97. The molecule has 6 heteroatoms. The third kappa shape index (κ3) is 2.11. The molecule has 0 bridgehead atoms. The first-order valence-electron chi connectivity index (χ1n) is 5.57. The highest BCUT2D eigenvalue weighted by Gasteiger charge is 2.21. The molecule has 4 nitrogen and oxygen atoms in total. The lowest BCUT2D eigenvalue weighted by Gasteiger charge is -2.29. The molecule has 2 aromatic carbocycles. The maximum atomic E-state index is 11.1. The Kier molecular flexibility index (Phi) is 2.81. The molecule has 0 fully saturated rings. The molecule has 0 atom stereocenters. The fraction of sp³-hybridized carbons (Fsp3) is 0.0769. The van der Waals surface area contributed by atoms with Crippen molar-refractivity contribution < 1.29 is 13.0 Å². The lowest BCUT2D eigenvalue weighted by Crippen LogP contribution is -2.14. The van der Waals surface area contributed by atoms with Crippen LogP contribution in [0.25, 0.3) is 0 Å². The second-order valence-electron chi connectivity index (χ2n) is 4.21. The number of anilines is 2. The Morgan fingerprint density at radius 3 is 2.47 bits per heavy atom. The Morgan fingerprint density at radius 1 is 1.05 bits per heavy atom. The van der Waals surface area contributed by atoms with Crippen LogP contribution in [0.3, 0.4) is 0 Å². The van der Waals surface area contributed by atoms with Crippen molar-refractivity contribution in [3.05, 3.63) is 42.5 Å². The zero-order valence-corrected chi connectivity index (χ0v) is 11.7. The average Bonchev–Trinajstić information content (AvgIpc) is 2.37. The van der Waals surface area contributed by atoms with Gasteiger partial charge < -0.3 is 9.45 Å². The van der Waals surface area contributed by atoms with Crippen LogP contribution in [0.2, 0.25) is 0 Å². The van der Waals surface area contributed by atoms with Crippen molar-refractivity contribution >= 4 is 33.3 Å². The number of nitrogens with zero attached hydrogens (tertiary/aromatic N) is 1. The molecule has 0 aliphatic carbocycles. The van der Waals surface area contributed by atoms with Crippen LogP contribution < -0.4 is 4.90 Å². The van der Waals surface area contributed by atoms with E-state index in [4.69, 9.17) is 0 Å². The monoisotopic (exact) mass is 292 g/mol. The minimum atomic E-state index is -4.41. The first-order valence-corrected chi connectivity index (χ1v) is 7.80. The van der Waals surface area contributed by atoms with Crippen LogP contribution in [0, 0.1) is 0 Å². The van der Waals surface area contributed by atoms with Gasteiger partial charge in [-0.2, -0.15) is 0 Å². The predicted molar refractivity (Wildman–Crippen MR) is 73.0 cm³/mol. The molecular formula is C13H10NO3S2-. The van der Waals surface area contributed by atoms with Crippen LogP contribution in [0.1, 0.15) is 0 Å². The first-order chi connectivity index (χ1) is 8.97. The molecule has 1 aliphatic heterocycles. The molecule has 98 valence electrons. The summed E-state index contributed by atoms with van der Waals surface area (Å²) in [5.41, 5.74) is 1.97. The van der Waals surface area contributed by atoms with E-state index in [2.05, 4.69) is 0 Å². The van der Waals surface area contributed by atoms with Gasteiger partial charge in [0.1, 0.15) is 10.1 Å². The van der Waals surface area contributed by atoms with Gasteiger partial charge in [-0.15, -0.1) is 0 Å². The second kappa shape index (κ2) is 4.26. The molecule has 3 rings (SSSR count). The largest absolute Gasteiger partial charge is 0.744 e. The molecule has 0 saturated heterocycles. The van der Waals surface area contributed by atoms with Crippen LogP contribution in [0.5, 0.6) is 0 Å². The third-order valence-electron chi connectivity index (χ3n) is 3.03. The molecule has 0 aromatic heterocycles. The van der Waals surface area contributed by atoms with Crippen molar-refractivity contribution in [3.63, 3.8) is 0 Å². The predicted octanol–water partition coefficient (Wildman–Crippen LogP) is 2.82. The van der Waals surface area contributed by atoms with E-state index in [1.165, 1.54) is 23.9 Å². The number of hydrogen-bond donors (Lipinski definition) is 0. The van der Waals surface area contributed by atoms with E-state index >= 15 is 0 Å². The number of hydrogen-bond acceptors (Lipinski definition) is 5. The summed E-state index contributed by atoms with van der Waals surface area (Å²) in [5.74, 6) is 0. The van der Waals surface area contributed by atoms with Gasteiger partial charge in [-0.05, 0) is 30.3 Å². The van der Waals surface area contributed by atoms with Gasteiger partial charge in [-0.3, -0.25) is 0 Å². The van der Waals surface area contributed by atoms with E-state index in [0.29, 0.717) is 0 Å². The Balaban J connectivity index is 2.16. The Bertz CT molecular complexity index is 756. The van der Waals surface area contributed by atoms with Crippen molar-refractivity contribution in [2.24, 2.45) is 0 Å². The maximum Gasteiger partial charge on any atom is 0.124 e. The molecule has 0 spiro atoms. The highest BCUT2D eigenvalue weighted by molar-refractivity contribution is 7.99. The van der Waals surface area contributed by atoms with E-state index < -0.39 is 10.1 Å². The summed E-state index contributed by atoms with van der Waals surface area (Å²) in [6.45, 7) is 0. The fourth-order valence-electron chi connectivity index (χ4n) is 2.08. The van der Waals surface area contributed by atoms with Crippen molar-refractivity contribution in [1.82, 2.24) is 0 Å². The molecular weight excluding hydrogens is 282 g/mol. The Labute approximate surface area is 115 Å². The van der Waals surface area contributed by atoms with Crippen LogP contribution in [-0.4, -0.2) is 20.0 Å². The van der Waals surface area contributed by atoms with Gasteiger partial charge in [0.2, 0.25) is 0 Å². The zero-order valence-electron chi connectivity index (χ0n) is 10.0. The van der Waals surface area contributed by atoms with Gasteiger partial charge in [-0.1, -0.05) is 23.9 Å². The van der Waals surface area contributed by atoms with Gasteiger partial charge in [0.15, 0.2) is 0 Å². The van der Waals surface area contributed by atoms with E-state index in [9.17, 15) is 13.0 Å². The summed E-state index contributed by atoms with van der Waals surface area (Å²) >= 11 is 1.47. The molecule has 19 heavy (non-hydrogen) atoms. The van der Waals surface area contributed by atoms with Crippen LogP contribution in [-0.2, 0) is 10.1 Å². The quantitative estimate of drug-likeness (QED) is 0.756. The minimum Gasteiger partial charge on any atom is -0.744 e. The number of fused-ring (bicyclic) bond motifs is 2. The number of rotatable bonds is 1. The van der Waals surface area contributed by atoms with E-state index in [-0.39, 0.29) is 4.90 Å². The van der Waals surface area contributed by atoms with Crippen LogP contribution in [0.15, 0.2) is 57.2 Å². The summed E-state index contributed by atoms with van der Waals surface area (Å²) in [7, 11) is -2.49. The van der Waals surface area contributed by atoms with E-state index in [1.54, 1.807) is 6.07 Å². The van der Waals surface area contributed by atoms with Gasteiger partial charge in [-0.25, -0.2) is 8.42 Å². The zero-order chi connectivity index (χ0) is 13.6. The van der Waals surface area contributed by atoms with E-state index in [0.717, 1.165) is 21.2 Å². The van der Waals surface area contributed by atoms with Crippen molar-refractivity contribution in [3.8, 4) is 0 Å². The highest BCUT2D eigenvalue weighted by Crippen LogP contribution is 2.47. The second-order valence-corrected chi connectivity index (χ2v) is 6.68. The van der Waals surface area contributed by atoms with Gasteiger partial charge >= 0.3 is 0 Å². The first kappa shape index (κ1) is 12.5. The standard InChI is InChI=1S/C13H11NO3S2/c1-14-10-4-2-3-5-12(10)18-13-8-9(19(15,16)17)6-7-11(13)14/h2-8H,1H3,(H,15,16,17)/p-1. The van der Waals surface area contributed by atoms with Gasteiger partial charge in [0, 0.05) is 16.8 Å². The maximum absolute atomic E-state index is 11.1. The molecule has 1 aliphatic rings. The summed E-state index contributed by atoms with van der Waals surface area (Å²) < 4.78 is 33.2. The molecule has 0 saturated carbocycles. The Hall–Kier alpha value is -1.50. The normalized spacial score (nSPS) is 13.9. The fourth-order valence-corrected chi connectivity index (χ4v) is 3.84. The summed E-state index contributed by atoms with van der Waals surface area (Å²) in [5, 5.41) is 0. The molecule has 0 amide bonds. The lowest BCUT2D eigenvalue weighted by atomic mass is 10.2. The van der Waals surface area contributed by atoms with E-state index in [1.807, 2.05) is 36.2 Å². The van der Waals surface area contributed by atoms with Crippen LogP contribution in [0.4, 0.5) is 11.4 Å². The summed E-state index contributed by atoms with van der Waals surface area (Å²) in [6, 6.07) is 12.3. The summed E-state index contributed by atoms with van der Waals surface area (Å²) in [6.07, 6.45) is 0.